The molecule has 2 aliphatic heterocycles. The third-order valence-corrected chi connectivity index (χ3v) is 5.74. The molecule has 1 aromatic rings. The SMILES string of the molecule is COC[C@@H]1CCCN1/N=C1/OCCCC[C@H]1[C@H](CC(=O)OC)c1ccccc1. The molecule has 3 rings (SSSR count). The van der Waals surface area contributed by atoms with E-state index >= 15 is 0 Å². The fourth-order valence-corrected chi connectivity index (χ4v) is 4.25. The van der Waals surface area contributed by atoms with Gasteiger partial charge in [-0.05, 0) is 37.7 Å². The molecule has 0 spiro atoms. The third-order valence-electron chi connectivity index (χ3n) is 5.74. The minimum absolute atomic E-state index is 0.00558. The summed E-state index contributed by atoms with van der Waals surface area (Å²) in [5.74, 6) is 0.621. The standard InChI is InChI=1S/C22H32N2O4/c1-26-16-18-11-8-13-24(18)23-22-19(12-6-7-14-28-22)20(15-21(25)27-2)17-9-4-3-5-10-17/h3-5,9-10,18-20H,6-8,11-16H2,1-2H3/b23-22+/t18-,19-,20+/m0/s1. The van der Waals surface area contributed by atoms with Gasteiger partial charge in [0, 0.05) is 25.5 Å². The Morgan fingerprint density at radius 1 is 1.21 bits per heavy atom. The minimum Gasteiger partial charge on any atom is -0.480 e. The fourth-order valence-electron chi connectivity index (χ4n) is 4.25. The summed E-state index contributed by atoms with van der Waals surface area (Å²) in [6.45, 7) is 2.27. The Morgan fingerprint density at radius 2 is 2.04 bits per heavy atom. The number of ether oxygens (including phenoxy) is 3. The molecule has 2 saturated heterocycles. The first-order chi connectivity index (χ1) is 13.7. The van der Waals surface area contributed by atoms with Gasteiger partial charge < -0.3 is 14.2 Å². The highest BCUT2D eigenvalue weighted by Crippen LogP contribution is 2.35. The smallest absolute Gasteiger partial charge is 0.306 e. The normalized spacial score (nSPS) is 25.2. The summed E-state index contributed by atoms with van der Waals surface area (Å²) in [5, 5.41) is 7.07. The van der Waals surface area contributed by atoms with Crippen LogP contribution in [0.2, 0.25) is 0 Å². The molecule has 0 bridgehead atoms. The van der Waals surface area contributed by atoms with Crippen LogP contribution in [-0.4, -0.2) is 56.9 Å². The summed E-state index contributed by atoms with van der Waals surface area (Å²) in [4.78, 5) is 12.2. The van der Waals surface area contributed by atoms with Crippen molar-refractivity contribution in [3.63, 3.8) is 0 Å². The largest absolute Gasteiger partial charge is 0.480 e. The lowest BCUT2D eigenvalue weighted by Crippen LogP contribution is -2.33. The molecule has 0 aliphatic carbocycles. The van der Waals surface area contributed by atoms with Crippen LogP contribution in [0.25, 0.3) is 0 Å². The molecule has 2 fully saturated rings. The first-order valence-corrected chi connectivity index (χ1v) is 10.3. The molecule has 0 radical (unpaired) electrons. The van der Waals surface area contributed by atoms with E-state index in [0.29, 0.717) is 25.7 Å². The van der Waals surface area contributed by atoms with Crippen molar-refractivity contribution in [1.82, 2.24) is 5.01 Å². The summed E-state index contributed by atoms with van der Waals surface area (Å²) in [7, 11) is 3.18. The predicted octanol–water partition coefficient (Wildman–Crippen LogP) is 3.57. The quantitative estimate of drug-likeness (QED) is 0.668. The van der Waals surface area contributed by atoms with Crippen LogP contribution < -0.4 is 0 Å². The van der Waals surface area contributed by atoms with E-state index in [1.807, 2.05) is 18.2 Å². The van der Waals surface area contributed by atoms with Crippen LogP contribution in [0.1, 0.15) is 50.0 Å². The fraction of sp³-hybridized carbons (Fsp3) is 0.636. The Labute approximate surface area is 167 Å². The van der Waals surface area contributed by atoms with Crippen molar-refractivity contribution in [2.24, 2.45) is 11.0 Å². The molecular weight excluding hydrogens is 356 g/mol. The summed E-state index contributed by atoms with van der Waals surface area (Å²) in [5.41, 5.74) is 1.13. The number of esters is 1. The maximum atomic E-state index is 12.2. The molecule has 0 unspecified atom stereocenters. The molecule has 154 valence electrons. The van der Waals surface area contributed by atoms with Gasteiger partial charge in [0.05, 0.1) is 32.8 Å². The van der Waals surface area contributed by atoms with Crippen LogP contribution in [-0.2, 0) is 19.0 Å². The summed E-state index contributed by atoms with van der Waals surface area (Å²) < 4.78 is 16.5. The van der Waals surface area contributed by atoms with Crippen molar-refractivity contribution in [2.45, 2.75) is 50.5 Å². The molecule has 0 saturated carbocycles. The maximum absolute atomic E-state index is 12.2. The summed E-state index contributed by atoms with van der Waals surface area (Å²) >= 11 is 0. The van der Waals surface area contributed by atoms with E-state index in [1.165, 1.54) is 7.11 Å². The van der Waals surface area contributed by atoms with Crippen LogP contribution in [0.4, 0.5) is 0 Å². The second kappa shape index (κ2) is 10.5. The zero-order valence-electron chi connectivity index (χ0n) is 17.0. The van der Waals surface area contributed by atoms with Gasteiger partial charge in [0.2, 0.25) is 5.90 Å². The molecule has 3 atom stereocenters. The van der Waals surface area contributed by atoms with Crippen molar-refractivity contribution in [1.29, 1.82) is 0 Å². The second-order valence-corrected chi connectivity index (χ2v) is 7.60. The second-order valence-electron chi connectivity index (χ2n) is 7.60. The Morgan fingerprint density at radius 3 is 2.79 bits per heavy atom. The molecular formula is C22H32N2O4. The number of carbonyl (C=O) groups excluding carboxylic acids is 1. The van der Waals surface area contributed by atoms with Gasteiger partial charge in [0.1, 0.15) is 0 Å². The Hall–Kier alpha value is -2.08. The van der Waals surface area contributed by atoms with Crippen molar-refractivity contribution in [2.75, 3.05) is 34.0 Å². The van der Waals surface area contributed by atoms with Gasteiger partial charge in [0.25, 0.3) is 0 Å². The van der Waals surface area contributed by atoms with E-state index in [1.54, 1.807) is 7.11 Å². The van der Waals surface area contributed by atoms with Gasteiger partial charge in [-0.2, -0.15) is 0 Å². The van der Waals surface area contributed by atoms with Gasteiger partial charge >= 0.3 is 5.97 Å². The molecule has 1 aromatic carbocycles. The lowest BCUT2D eigenvalue weighted by Gasteiger charge is -2.29. The number of nitrogens with zero attached hydrogens (tertiary/aromatic N) is 2. The Balaban J connectivity index is 1.90. The molecule has 6 heteroatoms. The monoisotopic (exact) mass is 388 g/mol. The number of carbonyl (C=O) groups is 1. The third kappa shape index (κ3) is 5.25. The highest BCUT2D eigenvalue weighted by atomic mass is 16.5. The van der Waals surface area contributed by atoms with Crippen LogP contribution in [0.3, 0.4) is 0 Å². The lowest BCUT2D eigenvalue weighted by atomic mass is 9.81. The molecule has 0 aromatic heterocycles. The first-order valence-electron chi connectivity index (χ1n) is 10.3. The number of rotatable bonds is 7. The number of hydrogen-bond donors (Lipinski definition) is 0. The van der Waals surface area contributed by atoms with E-state index in [0.717, 1.165) is 50.1 Å². The zero-order valence-corrected chi connectivity index (χ0v) is 17.0. The molecule has 28 heavy (non-hydrogen) atoms. The van der Waals surface area contributed by atoms with Crippen molar-refractivity contribution in [3.05, 3.63) is 35.9 Å². The number of hydrazone groups is 1. The van der Waals surface area contributed by atoms with Crippen LogP contribution in [0.15, 0.2) is 35.4 Å². The predicted molar refractivity (Wildman–Crippen MR) is 108 cm³/mol. The highest BCUT2D eigenvalue weighted by Gasteiger charge is 2.34. The van der Waals surface area contributed by atoms with Crippen LogP contribution >= 0.6 is 0 Å². The number of hydrogen-bond acceptors (Lipinski definition) is 6. The van der Waals surface area contributed by atoms with E-state index in [9.17, 15) is 4.79 Å². The van der Waals surface area contributed by atoms with Gasteiger partial charge in [-0.3, -0.25) is 9.80 Å². The van der Waals surface area contributed by atoms with Crippen LogP contribution in [0, 0.1) is 5.92 Å². The maximum Gasteiger partial charge on any atom is 0.306 e. The number of methoxy groups -OCH3 is 2. The first kappa shape index (κ1) is 20.6. The van der Waals surface area contributed by atoms with E-state index < -0.39 is 0 Å². The average Bonchev–Trinajstić information content (AvgIpc) is 3.02. The molecule has 2 aliphatic rings. The van der Waals surface area contributed by atoms with Gasteiger partial charge in [0.15, 0.2) is 0 Å². The van der Waals surface area contributed by atoms with Crippen molar-refractivity contribution < 1.29 is 19.0 Å². The van der Waals surface area contributed by atoms with Gasteiger partial charge in [-0.15, -0.1) is 5.10 Å². The van der Waals surface area contributed by atoms with E-state index in [-0.39, 0.29) is 17.8 Å². The summed E-state index contributed by atoms with van der Waals surface area (Å²) in [6, 6.07) is 10.5. The molecule has 0 N–H and O–H groups in total. The van der Waals surface area contributed by atoms with Crippen molar-refractivity contribution >= 4 is 11.9 Å². The average molecular weight is 389 g/mol. The van der Waals surface area contributed by atoms with Crippen molar-refractivity contribution in [3.8, 4) is 0 Å². The molecule has 6 nitrogen and oxygen atoms in total. The zero-order chi connectivity index (χ0) is 19.8. The topological polar surface area (TPSA) is 60.4 Å². The molecule has 0 amide bonds. The summed E-state index contributed by atoms with van der Waals surface area (Å²) in [6.07, 6.45) is 5.55. The van der Waals surface area contributed by atoms with Gasteiger partial charge in [-0.25, -0.2) is 0 Å². The molecule has 2 heterocycles. The van der Waals surface area contributed by atoms with Crippen LogP contribution in [0.5, 0.6) is 0 Å². The highest BCUT2D eigenvalue weighted by molar-refractivity contribution is 5.81. The van der Waals surface area contributed by atoms with Gasteiger partial charge in [-0.1, -0.05) is 30.3 Å². The Kier molecular flexibility index (Phi) is 7.71. The minimum atomic E-state index is -0.198. The Bertz CT molecular complexity index is 649. The van der Waals surface area contributed by atoms with E-state index in [2.05, 4.69) is 17.1 Å². The lowest BCUT2D eigenvalue weighted by molar-refractivity contribution is -0.141. The van der Waals surface area contributed by atoms with E-state index in [4.69, 9.17) is 19.3 Å². The number of benzene rings is 1.